The van der Waals surface area contributed by atoms with Crippen molar-refractivity contribution in [1.82, 2.24) is 0 Å². The molecule has 0 aliphatic carbocycles. The van der Waals surface area contributed by atoms with Gasteiger partial charge in [0.25, 0.3) is 0 Å². The van der Waals surface area contributed by atoms with Crippen LogP contribution in [-0.4, -0.2) is 38.6 Å². The lowest BCUT2D eigenvalue weighted by molar-refractivity contribution is 0.0717. The van der Waals surface area contributed by atoms with Gasteiger partial charge in [-0.05, 0) is 48.5 Å². The predicted molar refractivity (Wildman–Crippen MR) is 83.0 cm³/mol. The lowest BCUT2D eigenvalue weighted by Gasteiger charge is -2.18. The van der Waals surface area contributed by atoms with E-state index < -0.39 is 6.10 Å². The lowest BCUT2D eigenvalue weighted by Crippen LogP contribution is -2.28. The molecule has 5 heteroatoms. The molecule has 2 rings (SSSR count). The first-order valence-corrected chi connectivity index (χ1v) is 6.93. The summed E-state index contributed by atoms with van der Waals surface area (Å²) < 4.78 is 21.5. The molecule has 0 aliphatic rings. The Morgan fingerprint density at radius 3 is 1.68 bits per heavy atom. The molecule has 0 aromatic heterocycles. The Bertz CT molecular complexity index is 550. The fraction of sp³-hybridized carbons (Fsp3) is 0.294. The predicted octanol–water partition coefficient (Wildman–Crippen LogP) is 2.52. The Labute approximate surface area is 130 Å². The summed E-state index contributed by atoms with van der Waals surface area (Å²) in [5, 5.41) is 9.40. The van der Waals surface area contributed by atoms with Crippen LogP contribution >= 0.6 is 0 Å². The van der Waals surface area contributed by atoms with Gasteiger partial charge in [0, 0.05) is 0 Å². The summed E-state index contributed by atoms with van der Waals surface area (Å²) in [5.41, 5.74) is 0. The second-order valence-corrected chi connectivity index (χ2v) is 4.58. The highest BCUT2D eigenvalue weighted by Gasteiger charge is 2.11. The number of methoxy groups -OCH3 is 2. The van der Waals surface area contributed by atoms with E-state index in [0.717, 1.165) is 11.5 Å². The van der Waals surface area contributed by atoms with Crippen LogP contribution in [0.2, 0.25) is 0 Å². The van der Waals surface area contributed by atoms with Gasteiger partial charge < -0.3 is 24.1 Å². The van der Waals surface area contributed by atoms with Crippen molar-refractivity contribution in [1.29, 1.82) is 0 Å². The van der Waals surface area contributed by atoms with Crippen molar-refractivity contribution in [2.75, 3.05) is 27.4 Å². The highest BCUT2D eigenvalue weighted by molar-refractivity contribution is 5.32. The summed E-state index contributed by atoms with van der Waals surface area (Å²) in [6, 6.07) is 14.4. The van der Waals surface area contributed by atoms with Gasteiger partial charge in [0.1, 0.15) is 29.6 Å². The van der Waals surface area contributed by atoms with Gasteiger partial charge in [-0.25, -0.2) is 0 Å². The second kappa shape index (κ2) is 8.14. The molecule has 118 valence electrons. The molecule has 22 heavy (non-hydrogen) atoms. The molecule has 0 unspecified atom stereocenters. The summed E-state index contributed by atoms with van der Waals surface area (Å²) in [6.45, 7) is 0.108. The number of hydrogen-bond acceptors (Lipinski definition) is 5. The van der Waals surface area contributed by atoms with Crippen LogP contribution in [0.3, 0.4) is 0 Å². The SMILES string of the molecule is COc1ccc(OC[C@H](CO)Oc2ccc(OC)cc2)cc1. The van der Waals surface area contributed by atoms with Gasteiger partial charge in [-0.15, -0.1) is 0 Å². The number of hydrogen-bond donors (Lipinski definition) is 1. The van der Waals surface area contributed by atoms with Crippen LogP contribution in [0.15, 0.2) is 48.5 Å². The van der Waals surface area contributed by atoms with Gasteiger partial charge >= 0.3 is 0 Å². The molecule has 1 N–H and O–H groups in total. The minimum Gasteiger partial charge on any atom is -0.497 e. The Hall–Kier alpha value is -2.40. The number of rotatable bonds is 8. The molecule has 0 fully saturated rings. The zero-order valence-electron chi connectivity index (χ0n) is 12.7. The maximum atomic E-state index is 9.40. The molecule has 2 aromatic rings. The molecule has 1 atom stereocenters. The van der Waals surface area contributed by atoms with Crippen LogP contribution in [0, 0.1) is 0 Å². The van der Waals surface area contributed by atoms with Gasteiger partial charge in [0.2, 0.25) is 0 Å². The maximum absolute atomic E-state index is 9.40. The van der Waals surface area contributed by atoms with E-state index in [1.807, 2.05) is 12.1 Å². The van der Waals surface area contributed by atoms with E-state index >= 15 is 0 Å². The largest absolute Gasteiger partial charge is 0.497 e. The molecular formula is C17H20O5. The summed E-state index contributed by atoms with van der Waals surface area (Å²) in [5.74, 6) is 2.86. The Morgan fingerprint density at radius 2 is 1.23 bits per heavy atom. The van der Waals surface area contributed by atoms with Crippen molar-refractivity contribution in [2.24, 2.45) is 0 Å². The highest BCUT2D eigenvalue weighted by Crippen LogP contribution is 2.20. The minimum atomic E-state index is -0.449. The van der Waals surface area contributed by atoms with Crippen LogP contribution in [0.25, 0.3) is 0 Å². The van der Waals surface area contributed by atoms with Crippen molar-refractivity contribution in [3.05, 3.63) is 48.5 Å². The fourth-order valence-electron chi connectivity index (χ4n) is 1.83. The molecule has 2 aromatic carbocycles. The normalized spacial score (nSPS) is 11.6. The van der Waals surface area contributed by atoms with Crippen molar-refractivity contribution in [3.63, 3.8) is 0 Å². The monoisotopic (exact) mass is 304 g/mol. The van der Waals surface area contributed by atoms with Gasteiger partial charge in [-0.2, -0.15) is 0 Å². The van der Waals surface area contributed by atoms with Crippen molar-refractivity contribution in [2.45, 2.75) is 6.10 Å². The van der Waals surface area contributed by atoms with Gasteiger partial charge in [-0.3, -0.25) is 0 Å². The topological polar surface area (TPSA) is 57.2 Å². The van der Waals surface area contributed by atoms with E-state index in [-0.39, 0.29) is 13.2 Å². The van der Waals surface area contributed by atoms with Crippen LogP contribution < -0.4 is 18.9 Å². The average Bonchev–Trinajstić information content (AvgIpc) is 2.59. The molecule has 0 heterocycles. The molecule has 0 radical (unpaired) electrons. The Balaban J connectivity index is 1.87. The molecule has 0 saturated carbocycles. The van der Waals surface area contributed by atoms with E-state index in [1.165, 1.54) is 0 Å². The van der Waals surface area contributed by atoms with E-state index in [4.69, 9.17) is 18.9 Å². The quantitative estimate of drug-likeness (QED) is 0.812. The molecule has 0 bridgehead atoms. The Kier molecular flexibility index (Phi) is 5.91. The van der Waals surface area contributed by atoms with Crippen molar-refractivity contribution >= 4 is 0 Å². The molecule has 0 saturated heterocycles. The number of benzene rings is 2. The zero-order chi connectivity index (χ0) is 15.8. The number of aliphatic hydroxyl groups excluding tert-OH is 1. The van der Waals surface area contributed by atoms with Crippen molar-refractivity contribution < 1.29 is 24.1 Å². The van der Waals surface area contributed by atoms with Crippen LogP contribution in [-0.2, 0) is 0 Å². The summed E-state index contributed by atoms with van der Waals surface area (Å²) >= 11 is 0. The molecule has 0 aliphatic heterocycles. The average molecular weight is 304 g/mol. The first-order valence-electron chi connectivity index (χ1n) is 6.93. The van der Waals surface area contributed by atoms with E-state index in [0.29, 0.717) is 11.5 Å². The first-order chi connectivity index (χ1) is 10.7. The second-order valence-electron chi connectivity index (χ2n) is 4.58. The smallest absolute Gasteiger partial charge is 0.155 e. The third-order valence-corrected chi connectivity index (χ3v) is 3.06. The standard InChI is InChI=1S/C17H20O5/c1-19-13-3-7-15(8-4-13)21-12-17(11-18)22-16-9-5-14(20-2)6-10-16/h3-10,17-18H,11-12H2,1-2H3/t17-/m0/s1. The van der Waals surface area contributed by atoms with E-state index in [9.17, 15) is 5.11 Å². The molecule has 0 amide bonds. The van der Waals surface area contributed by atoms with Crippen LogP contribution in [0.5, 0.6) is 23.0 Å². The maximum Gasteiger partial charge on any atom is 0.155 e. The minimum absolute atomic E-state index is 0.137. The summed E-state index contributed by atoms with van der Waals surface area (Å²) in [6.07, 6.45) is -0.449. The summed E-state index contributed by atoms with van der Waals surface area (Å²) in [7, 11) is 3.22. The number of aliphatic hydroxyl groups is 1. The molecule has 5 nitrogen and oxygen atoms in total. The van der Waals surface area contributed by atoms with E-state index in [2.05, 4.69) is 0 Å². The zero-order valence-corrected chi connectivity index (χ0v) is 12.7. The van der Waals surface area contributed by atoms with Gasteiger partial charge in [0.15, 0.2) is 6.10 Å². The van der Waals surface area contributed by atoms with Crippen LogP contribution in [0.4, 0.5) is 0 Å². The van der Waals surface area contributed by atoms with Crippen LogP contribution in [0.1, 0.15) is 0 Å². The molecule has 0 spiro atoms. The third kappa shape index (κ3) is 4.56. The fourth-order valence-corrected chi connectivity index (χ4v) is 1.83. The third-order valence-electron chi connectivity index (χ3n) is 3.06. The van der Waals surface area contributed by atoms with E-state index in [1.54, 1.807) is 50.6 Å². The van der Waals surface area contributed by atoms with Gasteiger partial charge in [-0.1, -0.05) is 0 Å². The summed E-state index contributed by atoms with van der Waals surface area (Å²) in [4.78, 5) is 0. The number of ether oxygens (including phenoxy) is 4. The Morgan fingerprint density at radius 1 is 0.773 bits per heavy atom. The lowest BCUT2D eigenvalue weighted by atomic mass is 10.3. The molecular weight excluding hydrogens is 284 g/mol. The van der Waals surface area contributed by atoms with Gasteiger partial charge in [0.05, 0.1) is 20.8 Å². The first kappa shape index (κ1) is 16.0. The highest BCUT2D eigenvalue weighted by atomic mass is 16.5. The van der Waals surface area contributed by atoms with Crippen molar-refractivity contribution in [3.8, 4) is 23.0 Å².